The van der Waals surface area contributed by atoms with Crippen LogP contribution in [0.4, 0.5) is 5.69 Å². The minimum absolute atomic E-state index is 0.116. The summed E-state index contributed by atoms with van der Waals surface area (Å²) in [7, 11) is 0. The number of fused-ring (bicyclic) bond motifs is 2. The van der Waals surface area contributed by atoms with Gasteiger partial charge in [-0.05, 0) is 49.7 Å². The molecule has 5 nitrogen and oxygen atoms in total. The van der Waals surface area contributed by atoms with Gasteiger partial charge in [0.2, 0.25) is 0 Å². The molecule has 0 saturated carbocycles. The first-order valence-electron chi connectivity index (χ1n) is 8.38. The van der Waals surface area contributed by atoms with E-state index < -0.39 is 0 Å². The molecule has 0 unspecified atom stereocenters. The Hall–Kier alpha value is -2.99. The number of hydrogen-bond donors (Lipinski definition) is 0. The largest absolute Gasteiger partial charge is 0.308 e. The van der Waals surface area contributed by atoms with Crippen LogP contribution < -0.4 is 10.5 Å². The number of hydrogen-bond acceptors (Lipinski definition) is 4. The summed E-state index contributed by atoms with van der Waals surface area (Å²) >= 11 is 1.26. The lowest BCUT2D eigenvalue weighted by atomic mass is 10.2. The molecule has 0 bridgehead atoms. The van der Waals surface area contributed by atoms with E-state index in [0.717, 1.165) is 11.3 Å². The summed E-state index contributed by atoms with van der Waals surface area (Å²) in [6.45, 7) is 4.48. The molecule has 4 aromatic rings. The molecule has 0 radical (unpaired) electrons. The first-order chi connectivity index (χ1) is 12.6. The second-order valence-corrected chi connectivity index (χ2v) is 7.09. The zero-order valence-corrected chi connectivity index (χ0v) is 15.3. The fourth-order valence-corrected chi connectivity index (χ4v) is 4.00. The molecule has 6 heteroatoms. The van der Waals surface area contributed by atoms with Gasteiger partial charge in [-0.2, -0.15) is 0 Å². The Morgan fingerprint density at radius 1 is 1.19 bits per heavy atom. The van der Waals surface area contributed by atoms with Gasteiger partial charge in [-0.3, -0.25) is 14.0 Å². The molecule has 1 aromatic carbocycles. The average Bonchev–Trinajstić information content (AvgIpc) is 3.07. The predicted octanol–water partition coefficient (Wildman–Crippen LogP) is 3.88. The quantitative estimate of drug-likeness (QED) is 0.555. The van der Waals surface area contributed by atoms with E-state index in [1.165, 1.54) is 15.7 Å². The fraction of sp³-hybridized carbons (Fsp3) is 0.150. The highest BCUT2D eigenvalue weighted by Gasteiger charge is 2.20. The number of benzene rings is 1. The van der Waals surface area contributed by atoms with Crippen molar-refractivity contribution in [1.82, 2.24) is 9.38 Å². The Kier molecular flexibility index (Phi) is 4.05. The lowest BCUT2D eigenvalue weighted by molar-refractivity contribution is 0.0992. The highest BCUT2D eigenvalue weighted by atomic mass is 32.1. The van der Waals surface area contributed by atoms with Crippen molar-refractivity contribution in [2.24, 2.45) is 0 Å². The van der Waals surface area contributed by atoms with Crippen molar-refractivity contribution in [2.75, 3.05) is 11.4 Å². The Balaban J connectivity index is 1.83. The minimum atomic E-state index is -0.153. The smallest absolute Gasteiger partial charge is 0.268 e. The highest BCUT2D eigenvalue weighted by molar-refractivity contribution is 7.20. The van der Waals surface area contributed by atoms with Crippen LogP contribution in [0.1, 0.15) is 22.2 Å². The Morgan fingerprint density at radius 2 is 2.04 bits per heavy atom. The van der Waals surface area contributed by atoms with E-state index in [0.29, 0.717) is 27.3 Å². The maximum atomic E-state index is 13.1. The molecule has 0 aliphatic rings. The monoisotopic (exact) mass is 363 g/mol. The van der Waals surface area contributed by atoms with Gasteiger partial charge < -0.3 is 4.90 Å². The SMILES string of the molecule is CCN(C(=O)c1cc2c(=O)n3ccccc3nc2s1)c1cccc(C)c1. The number of carbonyl (C=O) groups is 1. The number of anilines is 1. The summed E-state index contributed by atoms with van der Waals surface area (Å²) in [4.78, 5) is 33.1. The van der Waals surface area contributed by atoms with Crippen LogP contribution in [-0.4, -0.2) is 21.8 Å². The standard InChI is InChI=1S/C20H17N3O2S/c1-3-22(14-8-6-7-13(2)11-14)20(25)16-12-15-18(26-16)21-17-9-4-5-10-23(17)19(15)24/h4-12H,3H2,1-2H3. The van der Waals surface area contributed by atoms with Gasteiger partial charge in [0, 0.05) is 18.4 Å². The minimum Gasteiger partial charge on any atom is -0.308 e. The van der Waals surface area contributed by atoms with Gasteiger partial charge in [0.15, 0.2) is 0 Å². The number of aromatic nitrogens is 2. The van der Waals surface area contributed by atoms with Gasteiger partial charge >= 0.3 is 0 Å². The molecule has 1 amide bonds. The van der Waals surface area contributed by atoms with Gasteiger partial charge in [-0.15, -0.1) is 11.3 Å². The highest BCUT2D eigenvalue weighted by Crippen LogP contribution is 2.26. The molecule has 3 aromatic heterocycles. The number of aryl methyl sites for hydroxylation is 1. The second-order valence-electron chi connectivity index (χ2n) is 6.06. The lowest BCUT2D eigenvalue weighted by Crippen LogP contribution is -2.30. The maximum absolute atomic E-state index is 13.1. The van der Waals surface area contributed by atoms with E-state index in [1.54, 1.807) is 29.3 Å². The number of carbonyl (C=O) groups excluding carboxylic acids is 1. The van der Waals surface area contributed by atoms with Crippen LogP contribution in [-0.2, 0) is 0 Å². The van der Waals surface area contributed by atoms with Crippen molar-refractivity contribution in [3.05, 3.63) is 75.5 Å². The van der Waals surface area contributed by atoms with Crippen LogP contribution in [0.5, 0.6) is 0 Å². The molecular formula is C20H17N3O2S. The molecule has 130 valence electrons. The maximum Gasteiger partial charge on any atom is 0.268 e. The molecule has 0 fully saturated rings. The lowest BCUT2D eigenvalue weighted by Gasteiger charge is -2.20. The molecule has 0 aliphatic heterocycles. The third-order valence-corrected chi connectivity index (χ3v) is 5.32. The summed E-state index contributed by atoms with van der Waals surface area (Å²) < 4.78 is 1.50. The van der Waals surface area contributed by atoms with Crippen LogP contribution in [0.3, 0.4) is 0 Å². The van der Waals surface area contributed by atoms with Crippen molar-refractivity contribution >= 4 is 38.8 Å². The summed E-state index contributed by atoms with van der Waals surface area (Å²) in [6, 6.07) is 14.9. The third-order valence-electron chi connectivity index (χ3n) is 4.30. The average molecular weight is 363 g/mol. The summed E-state index contributed by atoms with van der Waals surface area (Å²) in [5.74, 6) is -0.116. The van der Waals surface area contributed by atoms with Gasteiger partial charge in [-0.25, -0.2) is 4.98 Å². The van der Waals surface area contributed by atoms with Crippen molar-refractivity contribution in [2.45, 2.75) is 13.8 Å². The predicted molar refractivity (Wildman–Crippen MR) is 105 cm³/mol. The number of amides is 1. The molecule has 0 atom stereocenters. The second kappa shape index (κ2) is 6.38. The van der Waals surface area contributed by atoms with E-state index >= 15 is 0 Å². The first kappa shape index (κ1) is 16.5. The molecule has 0 aliphatic carbocycles. The van der Waals surface area contributed by atoms with E-state index in [9.17, 15) is 9.59 Å². The molecular weight excluding hydrogens is 346 g/mol. The molecule has 0 spiro atoms. The summed E-state index contributed by atoms with van der Waals surface area (Å²) in [6.07, 6.45) is 1.69. The molecule has 3 heterocycles. The van der Waals surface area contributed by atoms with Crippen LogP contribution in [0, 0.1) is 6.92 Å². The van der Waals surface area contributed by atoms with Gasteiger partial charge in [0.25, 0.3) is 11.5 Å². The molecule has 26 heavy (non-hydrogen) atoms. The van der Waals surface area contributed by atoms with Crippen molar-refractivity contribution in [1.29, 1.82) is 0 Å². The van der Waals surface area contributed by atoms with Crippen molar-refractivity contribution < 1.29 is 4.79 Å². The molecule has 0 N–H and O–H groups in total. The van der Waals surface area contributed by atoms with Crippen LogP contribution >= 0.6 is 11.3 Å². The Morgan fingerprint density at radius 3 is 2.81 bits per heavy atom. The zero-order valence-electron chi connectivity index (χ0n) is 14.5. The molecule has 4 rings (SSSR count). The van der Waals surface area contributed by atoms with Crippen LogP contribution in [0.15, 0.2) is 59.5 Å². The van der Waals surface area contributed by atoms with E-state index in [-0.39, 0.29) is 11.5 Å². The van der Waals surface area contributed by atoms with Crippen LogP contribution in [0.25, 0.3) is 15.9 Å². The van der Waals surface area contributed by atoms with E-state index in [1.807, 2.05) is 44.2 Å². The van der Waals surface area contributed by atoms with Gasteiger partial charge in [-0.1, -0.05) is 18.2 Å². The topological polar surface area (TPSA) is 54.7 Å². The van der Waals surface area contributed by atoms with Crippen molar-refractivity contribution in [3.63, 3.8) is 0 Å². The third kappa shape index (κ3) is 2.68. The Bertz CT molecular complexity index is 1190. The first-order valence-corrected chi connectivity index (χ1v) is 9.19. The number of thiophene rings is 1. The van der Waals surface area contributed by atoms with Gasteiger partial charge in [0.1, 0.15) is 10.5 Å². The number of pyridine rings is 1. The van der Waals surface area contributed by atoms with Crippen LogP contribution in [0.2, 0.25) is 0 Å². The fourth-order valence-electron chi connectivity index (χ4n) is 3.03. The Labute approximate surface area is 154 Å². The number of nitrogens with zero attached hydrogens (tertiary/aromatic N) is 3. The molecule has 0 saturated heterocycles. The summed E-state index contributed by atoms with van der Waals surface area (Å²) in [5.41, 5.74) is 2.37. The van der Waals surface area contributed by atoms with Crippen molar-refractivity contribution in [3.8, 4) is 0 Å². The van der Waals surface area contributed by atoms with E-state index in [2.05, 4.69) is 4.98 Å². The normalized spacial score (nSPS) is 11.2. The summed E-state index contributed by atoms with van der Waals surface area (Å²) in [5, 5.41) is 0.474. The van der Waals surface area contributed by atoms with Gasteiger partial charge in [0.05, 0.1) is 10.3 Å². The number of rotatable bonds is 3. The van der Waals surface area contributed by atoms with E-state index in [4.69, 9.17) is 0 Å². The zero-order chi connectivity index (χ0) is 18.3.